The number of nitrogens with one attached hydrogen (secondary N) is 2. The molecule has 0 radical (unpaired) electrons. The number of amides is 1. The first kappa shape index (κ1) is 13.6. The number of fused-ring (bicyclic) bond motifs is 1. The highest BCUT2D eigenvalue weighted by molar-refractivity contribution is 5.94. The normalized spacial score (nSPS) is 21.9. The molecule has 4 heteroatoms. The molecular weight excluding hydrogens is 250 g/mol. The van der Waals surface area contributed by atoms with Crippen molar-refractivity contribution in [1.29, 1.82) is 0 Å². The van der Waals surface area contributed by atoms with E-state index in [0.29, 0.717) is 5.92 Å². The van der Waals surface area contributed by atoms with Crippen LogP contribution < -0.4 is 10.6 Å². The summed E-state index contributed by atoms with van der Waals surface area (Å²) in [5, 5.41) is 6.40. The highest BCUT2D eigenvalue weighted by Gasteiger charge is 2.21. The first-order valence-electron chi connectivity index (χ1n) is 7.59. The molecule has 1 aromatic carbocycles. The molecule has 4 nitrogen and oxygen atoms in total. The Morgan fingerprint density at radius 1 is 1.40 bits per heavy atom. The predicted molar refractivity (Wildman–Crippen MR) is 79.5 cm³/mol. The van der Waals surface area contributed by atoms with Gasteiger partial charge in [-0.05, 0) is 48.7 Å². The highest BCUT2D eigenvalue weighted by Crippen LogP contribution is 2.18. The van der Waals surface area contributed by atoms with Gasteiger partial charge in [0.1, 0.15) is 0 Å². The number of hydrogen-bond acceptors (Lipinski definition) is 3. The van der Waals surface area contributed by atoms with Crippen molar-refractivity contribution < 1.29 is 4.79 Å². The van der Waals surface area contributed by atoms with Crippen molar-refractivity contribution in [2.75, 3.05) is 26.2 Å². The van der Waals surface area contributed by atoms with Gasteiger partial charge in [-0.25, -0.2) is 0 Å². The summed E-state index contributed by atoms with van der Waals surface area (Å²) in [5.41, 5.74) is 3.37. The molecule has 1 saturated heterocycles. The lowest BCUT2D eigenvalue weighted by Crippen LogP contribution is -2.31. The maximum Gasteiger partial charge on any atom is 0.251 e. The van der Waals surface area contributed by atoms with Gasteiger partial charge in [-0.1, -0.05) is 13.0 Å². The Labute approximate surface area is 120 Å². The van der Waals surface area contributed by atoms with Crippen molar-refractivity contribution in [3.05, 3.63) is 34.9 Å². The van der Waals surface area contributed by atoms with E-state index in [-0.39, 0.29) is 5.91 Å². The van der Waals surface area contributed by atoms with Gasteiger partial charge in [0, 0.05) is 31.7 Å². The standard InChI is InChI=1S/C16H23N3O/c1-2-19-6-5-12(11-19)8-18-16(20)13-3-4-14-9-17-10-15(14)7-13/h3-4,7,12,17H,2,5-6,8-11H2,1H3,(H,18,20). The van der Waals surface area contributed by atoms with Gasteiger partial charge < -0.3 is 15.5 Å². The molecule has 0 saturated carbocycles. The number of benzene rings is 1. The number of carbonyl (C=O) groups excluding carboxylic acids is 1. The molecule has 1 fully saturated rings. The fourth-order valence-electron chi connectivity index (χ4n) is 3.14. The van der Waals surface area contributed by atoms with Crippen LogP contribution in [0.25, 0.3) is 0 Å². The molecule has 1 unspecified atom stereocenters. The first-order valence-corrected chi connectivity index (χ1v) is 7.59. The molecule has 0 spiro atoms. The maximum atomic E-state index is 12.2. The molecular formula is C16H23N3O. The highest BCUT2D eigenvalue weighted by atomic mass is 16.1. The third-order valence-corrected chi connectivity index (χ3v) is 4.47. The van der Waals surface area contributed by atoms with Gasteiger partial charge in [0.15, 0.2) is 0 Å². The van der Waals surface area contributed by atoms with E-state index >= 15 is 0 Å². The van der Waals surface area contributed by atoms with E-state index in [1.807, 2.05) is 12.1 Å². The summed E-state index contributed by atoms with van der Waals surface area (Å²) < 4.78 is 0. The smallest absolute Gasteiger partial charge is 0.251 e. The minimum absolute atomic E-state index is 0.0645. The van der Waals surface area contributed by atoms with Crippen molar-refractivity contribution in [3.63, 3.8) is 0 Å². The average Bonchev–Trinajstić information content (AvgIpc) is 3.12. The Morgan fingerprint density at radius 2 is 2.25 bits per heavy atom. The van der Waals surface area contributed by atoms with Crippen LogP contribution in [0.3, 0.4) is 0 Å². The Morgan fingerprint density at radius 3 is 3.05 bits per heavy atom. The fraction of sp³-hybridized carbons (Fsp3) is 0.562. The summed E-state index contributed by atoms with van der Waals surface area (Å²) in [4.78, 5) is 14.6. The Hall–Kier alpha value is -1.39. The molecule has 2 aliphatic rings. The third kappa shape index (κ3) is 2.86. The molecule has 2 heterocycles. The van der Waals surface area contributed by atoms with Crippen LogP contribution in [-0.2, 0) is 13.1 Å². The van der Waals surface area contributed by atoms with Crippen molar-refractivity contribution in [2.45, 2.75) is 26.4 Å². The molecule has 3 rings (SSSR count). The third-order valence-electron chi connectivity index (χ3n) is 4.47. The van der Waals surface area contributed by atoms with Crippen molar-refractivity contribution in [1.82, 2.24) is 15.5 Å². The van der Waals surface area contributed by atoms with Crippen molar-refractivity contribution >= 4 is 5.91 Å². The van der Waals surface area contributed by atoms with Gasteiger partial charge in [0.05, 0.1) is 0 Å². The number of rotatable bonds is 4. The van der Waals surface area contributed by atoms with Crippen LogP contribution in [0.4, 0.5) is 0 Å². The van der Waals surface area contributed by atoms with Gasteiger partial charge in [-0.2, -0.15) is 0 Å². The zero-order chi connectivity index (χ0) is 13.9. The first-order chi connectivity index (χ1) is 9.76. The van der Waals surface area contributed by atoms with E-state index in [0.717, 1.165) is 38.3 Å². The van der Waals surface area contributed by atoms with Gasteiger partial charge >= 0.3 is 0 Å². The molecule has 20 heavy (non-hydrogen) atoms. The lowest BCUT2D eigenvalue weighted by molar-refractivity contribution is 0.0947. The van der Waals surface area contributed by atoms with Crippen LogP contribution in [0, 0.1) is 5.92 Å². The summed E-state index contributed by atoms with van der Waals surface area (Å²) in [7, 11) is 0. The second-order valence-corrected chi connectivity index (χ2v) is 5.84. The molecule has 2 aliphatic heterocycles. The average molecular weight is 273 g/mol. The predicted octanol–water partition coefficient (Wildman–Crippen LogP) is 1.36. The largest absolute Gasteiger partial charge is 0.352 e. The van der Waals surface area contributed by atoms with Crippen LogP contribution in [0.1, 0.15) is 34.8 Å². The minimum atomic E-state index is 0.0645. The Kier molecular flexibility index (Phi) is 4.03. The van der Waals surface area contributed by atoms with Crippen LogP contribution in [0.5, 0.6) is 0 Å². The summed E-state index contributed by atoms with van der Waals surface area (Å²) in [6.45, 7) is 8.19. The number of hydrogen-bond donors (Lipinski definition) is 2. The molecule has 0 aromatic heterocycles. The lowest BCUT2D eigenvalue weighted by atomic mass is 10.1. The van der Waals surface area contributed by atoms with E-state index in [2.05, 4.69) is 28.5 Å². The zero-order valence-electron chi connectivity index (χ0n) is 12.1. The number of nitrogens with zero attached hydrogens (tertiary/aromatic N) is 1. The Balaban J connectivity index is 1.54. The molecule has 2 N–H and O–H groups in total. The van der Waals surface area contributed by atoms with Gasteiger partial charge in [-0.15, -0.1) is 0 Å². The minimum Gasteiger partial charge on any atom is -0.352 e. The Bertz CT molecular complexity index is 500. The molecule has 1 aromatic rings. The molecule has 0 aliphatic carbocycles. The summed E-state index contributed by atoms with van der Waals surface area (Å²) >= 11 is 0. The fourth-order valence-corrected chi connectivity index (χ4v) is 3.14. The second-order valence-electron chi connectivity index (χ2n) is 5.84. The van der Waals surface area contributed by atoms with E-state index < -0.39 is 0 Å². The van der Waals surface area contributed by atoms with Gasteiger partial charge in [0.2, 0.25) is 0 Å². The van der Waals surface area contributed by atoms with Crippen LogP contribution in [-0.4, -0.2) is 37.0 Å². The lowest BCUT2D eigenvalue weighted by Gasteiger charge is -2.14. The van der Waals surface area contributed by atoms with E-state index in [4.69, 9.17) is 0 Å². The number of likely N-dealkylation sites (tertiary alicyclic amines) is 1. The second kappa shape index (κ2) is 5.94. The molecule has 0 bridgehead atoms. The van der Waals surface area contributed by atoms with Gasteiger partial charge in [-0.3, -0.25) is 4.79 Å². The molecule has 108 valence electrons. The number of carbonyl (C=O) groups is 1. The van der Waals surface area contributed by atoms with E-state index in [9.17, 15) is 4.79 Å². The summed E-state index contributed by atoms with van der Waals surface area (Å²) in [6, 6.07) is 6.03. The maximum absolute atomic E-state index is 12.2. The summed E-state index contributed by atoms with van der Waals surface area (Å²) in [5.74, 6) is 0.671. The monoisotopic (exact) mass is 273 g/mol. The molecule has 1 atom stereocenters. The van der Waals surface area contributed by atoms with Gasteiger partial charge in [0.25, 0.3) is 5.91 Å². The topological polar surface area (TPSA) is 44.4 Å². The van der Waals surface area contributed by atoms with Crippen LogP contribution in [0.15, 0.2) is 18.2 Å². The van der Waals surface area contributed by atoms with Crippen molar-refractivity contribution in [2.24, 2.45) is 5.92 Å². The van der Waals surface area contributed by atoms with E-state index in [1.165, 1.54) is 24.1 Å². The van der Waals surface area contributed by atoms with Crippen LogP contribution >= 0.6 is 0 Å². The zero-order valence-corrected chi connectivity index (χ0v) is 12.1. The van der Waals surface area contributed by atoms with Crippen molar-refractivity contribution in [3.8, 4) is 0 Å². The quantitative estimate of drug-likeness (QED) is 0.870. The summed E-state index contributed by atoms with van der Waals surface area (Å²) in [6.07, 6.45) is 1.20. The molecule has 1 amide bonds. The van der Waals surface area contributed by atoms with E-state index in [1.54, 1.807) is 0 Å². The SMILES string of the molecule is CCN1CCC(CNC(=O)c2ccc3c(c2)CNC3)C1. The van der Waals surface area contributed by atoms with Crippen LogP contribution in [0.2, 0.25) is 0 Å².